The third kappa shape index (κ3) is 3.54. The molecule has 0 unspecified atom stereocenters. The number of H-pyrrole nitrogens is 1. The molecule has 0 aliphatic rings. The Labute approximate surface area is 75.7 Å². The Balaban J connectivity index is 2.91. The van der Waals surface area contributed by atoms with Gasteiger partial charge in [0.1, 0.15) is 5.60 Å². The molecule has 0 radical (unpaired) electrons. The average Bonchev–Trinajstić information content (AvgIpc) is 2.02. The van der Waals surface area contributed by atoms with Gasteiger partial charge in [-0.15, -0.1) is 0 Å². The minimum Gasteiger partial charge on any atom is -0.378 e. The van der Waals surface area contributed by atoms with Crippen LogP contribution in [0.25, 0.3) is 0 Å². The fourth-order valence-corrected chi connectivity index (χ4v) is 0.636. The Bertz CT molecular complexity index is 384. The number of aliphatic hydroxyl groups is 1. The van der Waals surface area contributed by atoms with Crippen LogP contribution in [0.2, 0.25) is 0 Å². The van der Waals surface area contributed by atoms with Crippen molar-refractivity contribution in [2.24, 2.45) is 0 Å². The fraction of sp³-hybridized carbons (Fsp3) is 0.333. The lowest BCUT2D eigenvalue weighted by Gasteiger charge is -2.05. The van der Waals surface area contributed by atoms with Gasteiger partial charge < -0.3 is 10.1 Å². The van der Waals surface area contributed by atoms with E-state index in [1.807, 2.05) is 0 Å². The van der Waals surface area contributed by atoms with Gasteiger partial charge in [0.2, 0.25) is 0 Å². The van der Waals surface area contributed by atoms with E-state index in [1.54, 1.807) is 13.8 Å². The van der Waals surface area contributed by atoms with Crippen molar-refractivity contribution < 1.29 is 5.11 Å². The van der Waals surface area contributed by atoms with Gasteiger partial charge in [-0.05, 0) is 13.8 Å². The summed E-state index contributed by atoms with van der Waals surface area (Å²) in [7, 11) is 0. The highest BCUT2D eigenvalue weighted by molar-refractivity contribution is 5.31. The number of nitrogens with zero attached hydrogens (tertiary/aromatic N) is 1. The fourth-order valence-electron chi connectivity index (χ4n) is 0.636. The van der Waals surface area contributed by atoms with E-state index in [9.17, 15) is 9.90 Å². The lowest BCUT2D eigenvalue weighted by atomic mass is 10.1. The van der Waals surface area contributed by atoms with Gasteiger partial charge in [0.05, 0.1) is 5.56 Å². The van der Waals surface area contributed by atoms with E-state index in [0.717, 1.165) is 0 Å². The molecular formula is C9H10N2O2. The number of nitrogens with one attached hydrogen (secondary N) is 1. The van der Waals surface area contributed by atoms with E-state index in [4.69, 9.17) is 0 Å². The zero-order chi connectivity index (χ0) is 9.90. The van der Waals surface area contributed by atoms with Crippen molar-refractivity contribution in [1.29, 1.82) is 0 Å². The van der Waals surface area contributed by atoms with Crippen LogP contribution >= 0.6 is 0 Å². The lowest BCUT2D eigenvalue weighted by molar-refractivity contribution is 0.143. The predicted octanol–water partition coefficient (Wildman–Crippen LogP) is -0.108. The molecule has 4 heteroatoms. The quantitative estimate of drug-likeness (QED) is 0.545. The maximum Gasteiger partial charge on any atom is 0.344 e. The maximum absolute atomic E-state index is 10.6. The third-order valence-corrected chi connectivity index (χ3v) is 1.18. The van der Waals surface area contributed by atoms with E-state index in [-0.39, 0.29) is 0 Å². The molecule has 0 amide bonds. The Morgan fingerprint density at radius 3 is 2.77 bits per heavy atom. The average molecular weight is 178 g/mol. The number of aromatic amines is 1. The van der Waals surface area contributed by atoms with Crippen molar-refractivity contribution in [2.45, 2.75) is 19.4 Å². The number of hydrogen-bond donors (Lipinski definition) is 2. The van der Waals surface area contributed by atoms with Crippen LogP contribution in [0.1, 0.15) is 19.4 Å². The van der Waals surface area contributed by atoms with Gasteiger partial charge in [-0.3, -0.25) is 0 Å². The van der Waals surface area contributed by atoms with Crippen LogP contribution in [0, 0.1) is 11.8 Å². The van der Waals surface area contributed by atoms with Crippen molar-refractivity contribution in [2.75, 3.05) is 0 Å². The Morgan fingerprint density at radius 2 is 2.31 bits per heavy atom. The molecule has 2 N–H and O–H groups in total. The molecule has 0 saturated carbocycles. The molecule has 13 heavy (non-hydrogen) atoms. The standard InChI is InChI=1S/C9H10N2O2/c1-9(2,13)4-3-7-5-10-8(12)11-6-7/h5-6,13H,1-2H3,(H,10,11,12). The molecule has 0 bridgehead atoms. The molecule has 0 aliphatic carbocycles. The highest BCUT2D eigenvalue weighted by atomic mass is 16.3. The smallest absolute Gasteiger partial charge is 0.344 e. The van der Waals surface area contributed by atoms with Crippen molar-refractivity contribution in [1.82, 2.24) is 9.97 Å². The van der Waals surface area contributed by atoms with Gasteiger partial charge in [-0.2, -0.15) is 0 Å². The summed E-state index contributed by atoms with van der Waals surface area (Å²) in [6.45, 7) is 3.16. The molecular weight excluding hydrogens is 168 g/mol. The van der Waals surface area contributed by atoms with Crippen LogP contribution in [0.5, 0.6) is 0 Å². The summed E-state index contributed by atoms with van der Waals surface area (Å²) in [4.78, 5) is 16.4. The molecule has 0 atom stereocenters. The number of hydrogen-bond acceptors (Lipinski definition) is 3. The Morgan fingerprint density at radius 1 is 1.62 bits per heavy atom. The Kier molecular flexibility index (Phi) is 2.49. The summed E-state index contributed by atoms with van der Waals surface area (Å²) in [5.41, 5.74) is -0.869. The molecule has 0 aliphatic heterocycles. The van der Waals surface area contributed by atoms with E-state index < -0.39 is 11.3 Å². The van der Waals surface area contributed by atoms with E-state index in [1.165, 1.54) is 12.4 Å². The molecule has 0 fully saturated rings. The molecule has 1 aromatic rings. The van der Waals surface area contributed by atoms with Crippen LogP contribution in [0.15, 0.2) is 17.2 Å². The summed E-state index contributed by atoms with van der Waals surface area (Å²) in [5, 5.41) is 9.27. The van der Waals surface area contributed by atoms with Gasteiger partial charge in [0.15, 0.2) is 0 Å². The second-order valence-electron chi connectivity index (χ2n) is 3.12. The van der Waals surface area contributed by atoms with Crippen LogP contribution in [0.3, 0.4) is 0 Å². The van der Waals surface area contributed by atoms with E-state index in [2.05, 4.69) is 21.8 Å². The predicted molar refractivity (Wildman–Crippen MR) is 48.0 cm³/mol. The molecule has 1 rings (SSSR count). The second kappa shape index (κ2) is 3.42. The van der Waals surface area contributed by atoms with Crippen LogP contribution in [0.4, 0.5) is 0 Å². The highest BCUT2D eigenvalue weighted by Crippen LogP contribution is 1.97. The second-order valence-corrected chi connectivity index (χ2v) is 3.12. The first-order valence-electron chi connectivity index (χ1n) is 3.78. The Hall–Kier alpha value is -1.60. The minimum atomic E-state index is -1.03. The van der Waals surface area contributed by atoms with Crippen LogP contribution in [-0.2, 0) is 0 Å². The van der Waals surface area contributed by atoms with Crippen LogP contribution in [-0.4, -0.2) is 20.7 Å². The van der Waals surface area contributed by atoms with Gasteiger partial charge in [0, 0.05) is 12.4 Å². The first-order chi connectivity index (χ1) is 5.97. The number of aromatic nitrogens is 2. The first-order valence-corrected chi connectivity index (χ1v) is 3.78. The third-order valence-electron chi connectivity index (χ3n) is 1.18. The zero-order valence-corrected chi connectivity index (χ0v) is 7.46. The van der Waals surface area contributed by atoms with E-state index >= 15 is 0 Å². The molecule has 1 aromatic heterocycles. The van der Waals surface area contributed by atoms with Crippen molar-refractivity contribution in [3.63, 3.8) is 0 Å². The SMILES string of the molecule is CC(C)(O)C#Cc1cnc(=O)[nH]c1. The number of rotatable bonds is 0. The first kappa shape index (κ1) is 9.49. The molecule has 0 saturated heterocycles. The lowest BCUT2D eigenvalue weighted by Crippen LogP contribution is -2.14. The maximum atomic E-state index is 10.6. The molecule has 4 nitrogen and oxygen atoms in total. The monoisotopic (exact) mass is 178 g/mol. The normalized spacial score (nSPS) is 10.4. The van der Waals surface area contributed by atoms with Gasteiger partial charge in [-0.25, -0.2) is 9.78 Å². The van der Waals surface area contributed by atoms with Crippen LogP contribution < -0.4 is 5.69 Å². The summed E-state index contributed by atoms with van der Waals surface area (Å²) in [6.07, 6.45) is 2.81. The molecule has 68 valence electrons. The minimum absolute atomic E-state index is 0.409. The summed E-state index contributed by atoms with van der Waals surface area (Å²) in [6, 6.07) is 0. The summed E-state index contributed by atoms with van der Waals surface area (Å²) in [5.74, 6) is 5.28. The zero-order valence-electron chi connectivity index (χ0n) is 7.46. The van der Waals surface area contributed by atoms with Gasteiger partial charge in [-0.1, -0.05) is 11.8 Å². The molecule has 0 aromatic carbocycles. The highest BCUT2D eigenvalue weighted by Gasteiger charge is 2.05. The van der Waals surface area contributed by atoms with Crippen molar-refractivity contribution in [3.05, 3.63) is 28.4 Å². The van der Waals surface area contributed by atoms with E-state index in [0.29, 0.717) is 5.56 Å². The molecule has 0 spiro atoms. The van der Waals surface area contributed by atoms with Crippen molar-refractivity contribution in [3.8, 4) is 11.8 Å². The topological polar surface area (TPSA) is 66.0 Å². The summed E-state index contributed by atoms with van der Waals surface area (Å²) >= 11 is 0. The van der Waals surface area contributed by atoms with Crippen molar-refractivity contribution >= 4 is 0 Å². The largest absolute Gasteiger partial charge is 0.378 e. The molecule has 1 heterocycles. The van der Waals surface area contributed by atoms with Gasteiger partial charge in [0.25, 0.3) is 0 Å². The van der Waals surface area contributed by atoms with Gasteiger partial charge >= 0.3 is 5.69 Å². The summed E-state index contributed by atoms with van der Waals surface area (Å²) < 4.78 is 0.